The Balaban J connectivity index is 0.000000589. The van der Waals surface area contributed by atoms with Crippen molar-refractivity contribution in [2.45, 2.75) is 112 Å². The van der Waals surface area contributed by atoms with E-state index in [1.807, 2.05) is 19.9 Å². The maximum atomic E-state index is 9.84. The van der Waals surface area contributed by atoms with Gasteiger partial charge in [-0.05, 0) is 33.6 Å². The van der Waals surface area contributed by atoms with Gasteiger partial charge in [0.1, 0.15) is 6.29 Å². The van der Waals surface area contributed by atoms with E-state index in [1.54, 1.807) is 0 Å². The van der Waals surface area contributed by atoms with Gasteiger partial charge in [0.2, 0.25) is 0 Å². The minimum absolute atomic E-state index is 0.183. The Morgan fingerprint density at radius 1 is 0.744 bits per heavy atom. The van der Waals surface area contributed by atoms with Crippen LogP contribution in [0.3, 0.4) is 0 Å². The number of unbranched alkanes of at least 4 members (excludes halogenated alkanes) is 5. The van der Waals surface area contributed by atoms with Crippen LogP contribution in [0.4, 0.5) is 0 Å². The number of hydrogen-bond donors (Lipinski definition) is 0. The molecule has 0 N–H and O–H groups in total. The first-order valence-corrected chi connectivity index (χ1v) is 14.9. The van der Waals surface area contributed by atoms with E-state index in [0.717, 1.165) is 65.9 Å². The molecule has 0 saturated heterocycles. The second-order valence-electron chi connectivity index (χ2n) is 10.3. The number of benzene rings is 2. The maximum absolute atomic E-state index is 9.84. The Morgan fingerprint density at radius 3 is 1.67 bits per heavy atom. The normalized spacial score (nSPS) is 11.8. The zero-order chi connectivity index (χ0) is 29.3. The summed E-state index contributed by atoms with van der Waals surface area (Å²) in [7, 11) is 0. The zero-order valence-corrected chi connectivity index (χ0v) is 25.9. The van der Waals surface area contributed by atoms with Gasteiger partial charge >= 0.3 is 0 Å². The smallest absolute Gasteiger partial charge is 0.119 e. The predicted octanol–water partition coefficient (Wildman–Crippen LogP) is 10.6. The fraction of sp³-hybridized carbons (Fsp3) is 0.472. The number of nitrogens with zero attached hydrogens (tertiary/aromatic N) is 2. The highest BCUT2D eigenvalue weighted by Crippen LogP contribution is 2.36. The van der Waals surface area contributed by atoms with Crippen LogP contribution >= 0.6 is 0 Å². The van der Waals surface area contributed by atoms with Gasteiger partial charge in [0.05, 0.1) is 22.8 Å². The van der Waals surface area contributed by atoms with Crippen molar-refractivity contribution < 1.29 is 4.79 Å². The van der Waals surface area contributed by atoms with Gasteiger partial charge in [0.25, 0.3) is 0 Å². The number of rotatable bonds is 12. The molecule has 3 rings (SSSR count). The molecule has 1 aromatic heterocycles. The van der Waals surface area contributed by atoms with Gasteiger partial charge in [-0.1, -0.05) is 132 Å². The number of aryl methyl sites for hydroxylation is 3. The average molecular weight is 529 g/mol. The molecule has 0 saturated carbocycles. The molecule has 0 unspecified atom stereocenters. The quantitative estimate of drug-likeness (QED) is 0.133. The molecule has 1 heterocycles. The fourth-order valence-corrected chi connectivity index (χ4v) is 4.55. The number of aldehydes is 1. The highest BCUT2D eigenvalue weighted by atomic mass is 16.1. The molecule has 0 aliphatic carbocycles. The second-order valence-corrected chi connectivity index (χ2v) is 10.3. The summed E-state index contributed by atoms with van der Waals surface area (Å²) in [6.07, 6.45) is 12.1. The van der Waals surface area contributed by atoms with Crippen molar-refractivity contribution in [2.75, 3.05) is 0 Å². The summed E-state index contributed by atoms with van der Waals surface area (Å²) in [4.78, 5) is 20.1. The number of aromatic nitrogens is 2. The molecule has 3 aromatic rings. The van der Waals surface area contributed by atoms with Crippen LogP contribution in [-0.4, -0.2) is 16.3 Å². The average Bonchev–Trinajstić information content (AvgIpc) is 2.95. The van der Waals surface area contributed by atoms with Gasteiger partial charge in [-0.2, -0.15) is 0 Å². The Hall–Kier alpha value is -3.07. The minimum Gasteiger partial charge on any atom is -0.303 e. The lowest BCUT2D eigenvalue weighted by atomic mass is 9.81. The molecule has 0 bridgehead atoms. The summed E-state index contributed by atoms with van der Waals surface area (Å²) < 4.78 is 0. The van der Waals surface area contributed by atoms with E-state index >= 15 is 0 Å². The van der Waals surface area contributed by atoms with Gasteiger partial charge in [-0.25, -0.2) is 9.97 Å². The first kappa shape index (κ1) is 34.0. The zero-order valence-electron chi connectivity index (χ0n) is 25.9. The second kappa shape index (κ2) is 18.3. The Labute approximate surface area is 239 Å². The third-order valence-electron chi connectivity index (χ3n) is 6.91. The predicted molar refractivity (Wildman–Crippen MR) is 170 cm³/mol. The summed E-state index contributed by atoms with van der Waals surface area (Å²) in [5.74, 6) is 0. The van der Waals surface area contributed by atoms with Crippen molar-refractivity contribution >= 4 is 6.29 Å². The molecule has 0 radical (unpaired) electrons. The number of carbonyl (C=O) groups is 1. The molecule has 212 valence electrons. The van der Waals surface area contributed by atoms with E-state index in [1.165, 1.54) is 36.8 Å². The first-order valence-electron chi connectivity index (χ1n) is 14.9. The minimum atomic E-state index is -0.183. The number of carbonyl (C=O) groups excluding carboxylic acids is 1. The highest BCUT2D eigenvalue weighted by Gasteiger charge is 2.28. The van der Waals surface area contributed by atoms with Gasteiger partial charge in [-0.15, -0.1) is 6.58 Å². The van der Waals surface area contributed by atoms with Crippen molar-refractivity contribution in [1.29, 1.82) is 0 Å². The molecular weight excluding hydrogens is 476 g/mol. The molecule has 0 fully saturated rings. The molecule has 3 nitrogen and oxygen atoms in total. The lowest BCUT2D eigenvalue weighted by Crippen LogP contribution is -2.23. The molecule has 0 spiro atoms. The van der Waals surface area contributed by atoms with E-state index in [4.69, 9.17) is 9.97 Å². The summed E-state index contributed by atoms with van der Waals surface area (Å²) in [5.41, 5.74) is 8.36. The number of hydrogen-bond acceptors (Lipinski definition) is 3. The van der Waals surface area contributed by atoms with Crippen molar-refractivity contribution in [3.05, 3.63) is 83.7 Å². The summed E-state index contributed by atoms with van der Waals surface area (Å²) in [5, 5.41) is 0. The van der Waals surface area contributed by atoms with Crippen LogP contribution < -0.4 is 0 Å². The van der Waals surface area contributed by atoms with E-state index in [-0.39, 0.29) is 5.41 Å². The van der Waals surface area contributed by atoms with E-state index in [0.29, 0.717) is 0 Å². The molecular formula is C36H52N2O. The Morgan fingerprint density at radius 2 is 1.23 bits per heavy atom. The van der Waals surface area contributed by atoms with E-state index in [9.17, 15) is 4.79 Å². The van der Waals surface area contributed by atoms with Crippen molar-refractivity contribution in [1.82, 2.24) is 9.97 Å². The monoisotopic (exact) mass is 528 g/mol. The Kier molecular flexibility index (Phi) is 15.9. The highest BCUT2D eigenvalue weighted by molar-refractivity contribution is 5.78. The van der Waals surface area contributed by atoms with Gasteiger partial charge in [0, 0.05) is 23.0 Å². The van der Waals surface area contributed by atoms with Crippen LogP contribution in [0.2, 0.25) is 0 Å². The van der Waals surface area contributed by atoms with Crippen LogP contribution in [0.1, 0.15) is 109 Å². The first-order chi connectivity index (χ1) is 18.8. The van der Waals surface area contributed by atoms with Crippen molar-refractivity contribution in [3.8, 4) is 22.5 Å². The fourth-order valence-electron chi connectivity index (χ4n) is 4.55. The molecule has 0 aliphatic rings. The van der Waals surface area contributed by atoms with Crippen LogP contribution in [0.25, 0.3) is 22.5 Å². The van der Waals surface area contributed by atoms with E-state index < -0.39 is 0 Å². The lowest BCUT2D eigenvalue weighted by Gasteiger charge is -2.27. The molecule has 2 aromatic carbocycles. The topological polar surface area (TPSA) is 42.9 Å². The molecule has 3 heteroatoms. The van der Waals surface area contributed by atoms with Crippen LogP contribution in [0, 0.1) is 20.8 Å². The van der Waals surface area contributed by atoms with Gasteiger partial charge < -0.3 is 4.79 Å². The Bertz CT molecular complexity index is 1120. The van der Waals surface area contributed by atoms with Crippen LogP contribution in [0.5, 0.6) is 0 Å². The SMILES string of the molecule is C=C[C@@](C)(CCC)c1nc(-c2ccc(C)cc2)c(-c2ccc(C)cc2)nc1C.CC.CCCCCCCC=O. The van der Waals surface area contributed by atoms with E-state index in [2.05, 4.69) is 96.7 Å². The summed E-state index contributed by atoms with van der Waals surface area (Å²) in [6.45, 7) is 21.0. The third kappa shape index (κ3) is 10.5. The van der Waals surface area contributed by atoms with Gasteiger partial charge in [-0.3, -0.25) is 0 Å². The number of allylic oxidation sites excluding steroid dienone is 1. The summed E-state index contributed by atoms with van der Waals surface area (Å²) in [6, 6.07) is 17.1. The maximum Gasteiger partial charge on any atom is 0.119 e. The third-order valence-corrected chi connectivity index (χ3v) is 6.91. The molecule has 0 amide bonds. The molecule has 0 aliphatic heterocycles. The van der Waals surface area contributed by atoms with Crippen LogP contribution in [-0.2, 0) is 10.2 Å². The van der Waals surface area contributed by atoms with Crippen molar-refractivity contribution in [2.24, 2.45) is 0 Å². The lowest BCUT2D eigenvalue weighted by molar-refractivity contribution is -0.107. The molecule has 39 heavy (non-hydrogen) atoms. The largest absolute Gasteiger partial charge is 0.303 e. The standard InChI is InChI=1S/C26H30N2.C8H16O.C2H6/c1-7-17-26(6,8-2)25-20(5)27-23(21-13-9-18(3)10-14-21)24(28-25)22-15-11-19(4)12-16-22;1-2-3-4-5-6-7-8-9;1-2/h8-16H,2,7,17H2,1,3-6H3;8H,2-7H2,1H3;1-2H3/t26-;;/m0../s1. The van der Waals surface area contributed by atoms with Crippen molar-refractivity contribution in [3.63, 3.8) is 0 Å². The van der Waals surface area contributed by atoms with Gasteiger partial charge in [0.15, 0.2) is 0 Å². The molecule has 1 atom stereocenters. The van der Waals surface area contributed by atoms with Crippen LogP contribution in [0.15, 0.2) is 61.2 Å². The summed E-state index contributed by atoms with van der Waals surface area (Å²) >= 11 is 0.